The van der Waals surface area contributed by atoms with Gasteiger partial charge in [0.25, 0.3) is 0 Å². The maximum absolute atomic E-state index is 11.3. The zero-order valence-corrected chi connectivity index (χ0v) is 10.5. The summed E-state index contributed by atoms with van der Waals surface area (Å²) in [6.45, 7) is 4.44. The average Bonchev–Trinajstić information content (AvgIpc) is 2.32. The second-order valence-corrected chi connectivity index (χ2v) is 4.69. The molecule has 1 aromatic carbocycles. The van der Waals surface area contributed by atoms with E-state index < -0.39 is 0 Å². The summed E-state index contributed by atoms with van der Waals surface area (Å²) in [5.74, 6) is 1.13. The summed E-state index contributed by atoms with van der Waals surface area (Å²) in [6, 6.07) is 6.16. The predicted molar refractivity (Wildman–Crippen MR) is 65.2 cm³/mol. The van der Waals surface area contributed by atoms with Crippen LogP contribution in [0, 0.1) is 12.8 Å². The number of hydrogen-bond donors (Lipinski definition) is 0. The first-order chi connectivity index (χ1) is 8.11. The Labute approximate surface area is 102 Å². The Morgan fingerprint density at radius 2 is 2.18 bits per heavy atom. The smallest absolute Gasteiger partial charge is 0.308 e. The summed E-state index contributed by atoms with van der Waals surface area (Å²) >= 11 is 0. The van der Waals surface area contributed by atoms with Gasteiger partial charge in [0.1, 0.15) is 5.75 Å². The highest BCUT2D eigenvalue weighted by Gasteiger charge is 2.28. The number of carbonyl (C=O) groups excluding carboxylic acids is 1. The van der Waals surface area contributed by atoms with Gasteiger partial charge in [-0.15, -0.1) is 0 Å². The van der Waals surface area contributed by atoms with Crippen LogP contribution < -0.4 is 4.74 Å². The van der Waals surface area contributed by atoms with E-state index in [1.807, 2.05) is 19.9 Å². The predicted octanol–water partition coefficient (Wildman–Crippen LogP) is 2.67. The normalized spacial score (nSPS) is 24.3. The molecule has 2 rings (SSSR count). The van der Waals surface area contributed by atoms with Gasteiger partial charge in [0.2, 0.25) is 0 Å². The molecule has 3 heteroatoms. The first-order valence-corrected chi connectivity index (χ1v) is 5.93. The largest absolute Gasteiger partial charge is 0.496 e. The Morgan fingerprint density at radius 3 is 2.76 bits per heavy atom. The number of methoxy groups -OCH3 is 1. The van der Waals surface area contributed by atoms with Crippen molar-refractivity contribution in [1.82, 2.24) is 0 Å². The lowest BCUT2D eigenvalue weighted by Gasteiger charge is -2.26. The van der Waals surface area contributed by atoms with Gasteiger partial charge in [0, 0.05) is 5.92 Å². The van der Waals surface area contributed by atoms with Crippen LogP contribution in [-0.2, 0) is 9.53 Å². The van der Waals surface area contributed by atoms with Crippen LogP contribution in [0.1, 0.15) is 30.4 Å². The van der Waals surface area contributed by atoms with Crippen LogP contribution in [-0.4, -0.2) is 19.7 Å². The highest BCUT2D eigenvalue weighted by atomic mass is 16.5. The molecule has 0 N–H and O–H groups in total. The van der Waals surface area contributed by atoms with Gasteiger partial charge in [-0.1, -0.05) is 19.1 Å². The Hall–Kier alpha value is -1.51. The Kier molecular flexibility index (Phi) is 3.36. The van der Waals surface area contributed by atoms with Crippen molar-refractivity contribution in [1.29, 1.82) is 0 Å². The van der Waals surface area contributed by atoms with E-state index >= 15 is 0 Å². The van der Waals surface area contributed by atoms with Gasteiger partial charge in [-0.25, -0.2) is 0 Å². The molecule has 1 unspecified atom stereocenters. The molecule has 0 bridgehead atoms. The van der Waals surface area contributed by atoms with Gasteiger partial charge in [-0.05, 0) is 30.5 Å². The molecule has 1 aliphatic rings. The van der Waals surface area contributed by atoms with Gasteiger partial charge in [-0.3, -0.25) is 4.79 Å². The molecule has 0 aromatic heterocycles. The van der Waals surface area contributed by atoms with E-state index in [0.29, 0.717) is 12.5 Å². The zero-order chi connectivity index (χ0) is 12.4. The maximum atomic E-state index is 11.3. The van der Waals surface area contributed by atoms with E-state index in [4.69, 9.17) is 9.47 Å². The monoisotopic (exact) mass is 234 g/mol. The maximum Gasteiger partial charge on any atom is 0.308 e. The number of aryl methyl sites for hydroxylation is 1. The first-order valence-electron chi connectivity index (χ1n) is 5.93. The molecule has 2 atom stereocenters. The van der Waals surface area contributed by atoms with Crippen LogP contribution >= 0.6 is 0 Å². The van der Waals surface area contributed by atoms with Crippen molar-refractivity contribution >= 4 is 5.97 Å². The van der Waals surface area contributed by atoms with Crippen LogP contribution in [0.15, 0.2) is 18.2 Å². The van der Waals surface area contributed by atoms with Gasteiger partial charge in [-0.2, -0.15) is 0 Å². The lowest BCUT2D eigenvalue weighted by molar-refractivity contribution is -0.153. The minimum Gasteiger partial charge on any atom is -0.496 e. The summed E-state index contributed by atoms with van der Waals surface area (Å²) in [4.78, 5) is 11.3. The zero-order valence-electron chi connectivity index (χ0n) is 10.5. The topological polar surface area (TPSA) is 35.5 Å². The molecule has 3 nitrogen and oxygen atoms in total. The van der Waals surface area contributed by atoms with E-state index in [1.54, 1.807) is 7.11 Å². The molecule has 1 fully saturated rings. The van der Waals surface area contributed by atoms with Crippen molar-refractivity contribution in [3.8, 4) is 5.75 Å². The van der Waals surface area contributed by atoms with E-state index in [-0.39, 0.29) is 11.9 Å². The van der Waals surface area contributed by atoms with Crippen LogP contribution in [0.25, 0.3) is 0 Å². The van der Waals surface area contributed by atoms with Gasteiger partial charge < -0.3 is 9.47 Å². The summed E-state index contributed by atoms with van der Waals surface area (Å²) in [5, 5.41) is 0. The fraction of sp³-hybridized carbons (Fsp3) is 0.500. The molecular weight excluding hydrogens is 216 g/mol. The highest BCUT2D eigenvalue weighted by molar-refractivity contribution is 5.73. The van der Waals surface area contributed by atoms with E-state index in [1.165, 1.54) is 5.56 Å². The molecule has 1 heterocycles. The minimum absolute atomic E-state index is 0.00356. The fourth-order valence-corrected chi connectivity index (χ4v) is 2.30. The molecule has 0 aliphatic carbocycles. The lowest BCUT2D eigenvalue weighted by Crippen LogP contribution is -2.27. The van der Waals surface area contributed by atoms with Crippen molar-refractivity contribution in [2.75, 3.05) is 13.7 Å². The number of rotatable bonds is 2. The third-order valence-electron chi connectivity index (χ3n) is 3.36. The van der Waals surface area contributed by atoms with E-state index in [9.17, 15) is 4.79 Å². The summed E-state index contributed by atoms with van der Waals surface area (Å²) in [5.41, 5.74) is 2.34. The molecule has 0 spiro atoms. The van der Waals surface area contributed by atoms with Crippen molar-refractivity contribution in [2.24, 2.45) is 5.92 Å². The third-order valence-corrected chi connectivity index (χ3v) is 3.36. The fourth-order valence-electron chi connectivity index (χ4n) is 2.30. The third kappa shape index (κ3) is 2.43. The molecule has 1 aromatic rings. The second-order valence-electron chi connectivity index (χ2n) is 4.69. The number of ether oxygens (including phenoxy) is 2. The number of hydrogen-bond acceptors (Lipinski definition) is 3. The molecule has 17 heavy (non-hydrogen) atoms. The molecular formula is C14H18O3. The molecule has 92 valence electrons. The lowest BCUT2D eigenvalue weighted by atomic mass is 9.87. The molecule has 0 saturated carbocycles. The highest BCUT2D eigenvalue weighted by Crippen LogP contribution is 2.31. The number of benzene rings is 1. The molecule has 0 amide bonds. The molecule has 1 saturated heterocycles. The quantitative estimate of drug-likeness (QED) is 0.738. The van der Waals surface area contributed by atoms with Crippen molar-refractivity contribution < 1.29 is 14.3 Å². The number of cyclic esters (lactones) is 1. The van der Waals surface area contributed by atoms with Crippen molar-refractivity contribution in [2.45, 2.75) is 26.2 Å². The van der Waals surface area contributed by atoms with Crippen LogP contribution in [0.2, 0.25) is 0 Å². The number of carbonyl (C=O) groups is 1. The van der Waals surface area contributed by atoms with Gasteiger partial charge in [0.05, 0.1) is 19.6 Å². The van der Waals surface area contributed by atoms with Crippen molar-refractivity contribution in [3.05, 3.63) is 29.3 Å². The van der Waals surface area contributed by atoms with Crippen molar-refractivity contribution in [3.63, 3.8) is 0 Å². The van der Waals surface area contributed by atoms with E-state index in [2.05, 4.69) is 12.1 Å². The van der Waals surface area contributed by atoms with Gasteiger partial charge >= 0.3 is 5.97 Å². The Morgan fingerprint density at radius 1 is 1.41 bits per heavy atom. The average molecular weight is 234 g/mol. The summed E-state index contributed by atoms with van der Waals surface area (Å²) in [7, 11) is 1.67. The molecule has 0 radical (unpaired) electrons. The second kappa shape index (κ2) is 4.78. The van der Waals surface area contributed by atoms with Crippen LogP contribution in [0.3, 0.4) is 0 Å². The minimum atomic E-state index is -0.0773. The number of esters is 1. The Bertz CT molecular complexity index is 425. The molecule has 1 aliphatic heterocycles. The standard InChI is InChI=1S/C14H18O3/c1-9-6-11(4-5-13(9)16-3)12-7-10(2)14(15)17-8-12/h4-6,10,12H,7-8H2,1-3H3/t10?,12-/m1/s1. The van der Waals surface area contributed by atoms with Gasteiger partial charge in [0.15, 0.2) is 0 Å². The Balaban J connectivity index is 2.18. The van der Waals surface area contributed by atoms with E-state index in [0.717, 1.165) is 17.7 Å². The summed E-state index contributed by atoms with van der Waals surface area (Å²) < 4.78 is 10.4. The first kappa shape index (κ1) is 12.0. The van der Waals surface area contributed by atoms with Crippen LogP contribution in [0.4, 0.5) is 0 Å². The van der Waals surface area contributed by atoms with Crippen LogP contribution in [0.5, 0.6) is 5.75 Å². The SMILES string of the molecule is COc1ccc([C@H]2COC(=O)C(C)C2)cc1C. The summed E-state index contributed by atoms with van der Waals surface area (Å²) in [6.07, 6.45) is 0.866.